The second-order valence-corrected chi connectivity index (χ2v) is 9.99. The minimum atomic E-state index is -4.09. The third-order valence-corrected chi connectivity index (χ3v) is 6.74. The van der Waals surface area contributed by atoms with Crippen molar-refractivity contribution in [2.75, 3.05) is 17.2 Å². The number of rotatable bonds is 8. The van der Waals surface area contributed by atoms with Gasteiger partial charge in [-0.3, -0.25) is 4.55 Å². The fraction of sp³-hybridized carbons (Fsp3) is 0.100. The first kappa shape index (κ1) is 26.9. The number of para-hydroxylation sites is 2. The number of hydrogen-bond donors (Lipinski definition) is 1. The van der Waals surface area contributed by atoms with Crippen LogP contribution in [0, 0.1) is 29.2 Å². The molecule has 4 rings (SSSR count). The molecule has 0 fully saturated rings. The zero-order chi connectivity index (χ0) is 27.8. The maximum absolute atomic E-state index is 11.2. The fourth-order valence-corrected chi connectivity index (χ4v) is 4.75. The molecule has 1 aliphatic heterocycles. The Morgan fingerprint density at radius 1 is 1.03 bits per heavy atom. The standard InChI is InChI=1S/C30H22N4O4S/c1-33-26(21-32)30(25-14-8-12-22-10-2-4-13-24(22)25)23(20-31)11-3-7-17-29-34(18-9-19-39(35,36)37)27-15-5-6-16-28(27)38-29/h2-8,10-17H,9,18-19H2,(H,35,36,37)/b7-3+,23-11+,29-17-,30-26-. The molecule has 0 aromatic heterocycles. The number of ether oxygens (including phenoxy) is 1. The van der Waals surface area contributed by atoms with E-state index in [0.717, 1.165) is 16.5 Å². The van der Waals surface area contributed by atoms with Crippen molar-refractivity contribution in [2.45, 2.75) is 6.42 Å². The Balaban J connectivity index is 1.68. The van der Waals surface area contributed by atoms with Crippen molar-refractivity contribution >= 4 is 32.2 Å². The Hall–Kier alpha value is -5.14. The van der Waals surface area contributed by atoms with E-state index in [2.05, 4.69) is 10.9 Å². The molecular formula is C30H22N4O4S. The van der Waals surface area contributed by atoms with Crippen LogP contribution >= 0.6 is 0 Å². The van der Waals surface area contributed by atoms with Gasteiger partial charge in [-0.1, -0.05) is 66.7 Å². The van der Waals surface area contributed by atoms with Crippen molar-refractivity contribution in [1.29, 1.82) is 10.5 Å². The first-order valence-corrected chi connectivity index (χ1v) is 13.5. The second kappa shape index (κ2) is 11.9. The number of fused-ring (bicyclic) bond motifs is 2. The Kier molecular flexibility index (Phi) is 8.24. The van der Waals surface area contributed by atoms with Gasteiger partial charge in [0.25, 0.3) is 15.8 Å². The van der Waals surface area contributed by atoms with Crippen molar-refractivity contribution in [3.05, 3.63) is 125 Å². The third-order valence-electron chi connectivity index (χ3n) is 5.94. The lowest BCUT2D eigenvalue weighted by atomic mass is 9.92. The molecule has 0 radical (unpaired) electrons. The monoisotopic (exact) mass is 534 g/mol. The van der Waals surface area contributed by atoms with Gasteiger partial charge in [-0.2, -0.15) is 13.7 Å². The molecule has 1 aliphatic rings. The molecule has 3 aromatic carbocycles. The molecule has 0 amide bonds. The van der Waals surface area contributed by atoms with Crippen LogP contribution in [0.5, 0.6) is 5.75 Å². The van der Waals surface area contributed by atoms with Crippen LogP contribution < -0.4 is 9.64 Å². The molecule has 192 valence electrons. The van der Waals surface area contributed by atoms with Gasteiger partial charge in [0.1, 0.15) is 0 Å². The summed E-state index contributed by atoms with van der Waals surface area (Å²) in [4.78, 5) is 5.18. The molecule has 39 heavy (non-hydrogen) atoms. The van der Waals surface area contributed by atoms with Gasteiger partial charge in [0, 0.05) is 12.1 Å². The van der Waals surface area contributed by atoms with Gasteiger partial charge in [-0.05, 0) is 47.0 Å². The highest BCUT2D eigenvalue weighted by atomic mass is 32.2. The van der Waals surface area contributed by atoms with Crippen molar-refractivity contribution < 1.29 is 17.7 Å². The highest BCUT2D eigenvalue weighted by molar-refractivity contribution is 7.85. The maximum Gasteiger partial charge on any atom is 0.270 e. The average molecular weight is 535 g/mol. The maximum atomic E-state index is 11.2. The van der Waals surface area contributed by atoms with Gasteiger partial charge in [0.15, 0.2) is 5.75 Å². The van der Waals surface area contributed by atoms with E-state index in [1.807, 2.05) is 60.7 Å². The van der Waals surface area contributed by atoms with E-state index in [0.29, 0.717) is 23.7 Å². The number of hydrogen-bond acceptors (Lipinski definition) is 6. The van der Waals surface area contributed by atoms with Gasteiger partial charge in [0.2, 0.25) is 5.88 Å². The van der Waals surface area contributed by atoms with Crippen molar-refractivity contribution in [3.63, 3.8) is 0 Å². The molecule has 1 N–H and O–H groups in total. The Morgan fingerprint density at radius 2 is 1.77 bits per heavy atom. The minimum Gasteiger partial charge on any atom is -0.439 e. The molecule has 0 bridgehead atoms. The number of allylic oxidation sites excluding steroid dienone is 7. The molecule has 3 aromatic rings. The number of nitriles is 2. The largest absolute Gasteiger partial charge is 0.439 e. The first-order valence-electron chi connectivity index (χ1n) is 11.8. The van der Waals surface area contributed by atoms with Crippen LogP contribution in [0.3, 0.4) is 0 Å². The van der Waals surface area contributed by atoms with E-state index >= 15 is 0 Å². The highest BCUT2D eigenvalue weighted by Gasteiger charge is 2.25. The molecule has 0 atom stereocenters. The number of benzene rings is 3. The highest BCUT2D eigenvalue weighted by Crippen LogP contribution is 2.38. The van der Waals surface area contributed by atoms with E-state index in [4.69, 9.17) is 15.9 Å². The van der Waals surface area contributed by atoms with Gasteiger partial charge in [-0.25, -0.2) is 10.1 Å². The van der Waals surface area contributed by atoms with Crippen molar-refractivity contribution in [2.24, 2.45) is 0 Å². The summed E-state index contributed by atoms with van der Waals surface area (Å²) in [5, 5.41) is 21.4. The molecule has 0 aliphatic carbocycles. The molecule has 0 unspecified atom stereocenters. The van der Waals surface area contributed by atoms with Crippen LogP contribution in [0.25, 0.3) is 21.2 Å². The summed E-state index contributed by atoms with van der Waals surface area (Å²) < 4.78 is 37.3. The van der Waals surface area contributed by atoms with E-state index < -0.39 is 10.1 Å². The van der Waals surface area contributed by atoms with Crippen molar-refractivity contribution in [1.82, 2.24) is 0 Å². The lowest BCUT2D eigenvalue weighted by Gasteiger charge is -2.17. The zero-order valence-electron chi connectivity index (χ0n) is 20.7. The minimum absolute atomic E-state index is 0.147. The third kappa shape index (κ3) is 6.23. The van der Waals surface area contributed by atoms with E-state index in [1.54, 1.807) is 35.3 Å². The predicted molar refractivity (Wildman–Crippen MR) is 149 cm³/mol. The molecule has 9 heteroatoms. The normalized spacial score (nSPS) is 14.9. The molecule has 0 saturated heterocycles. The fourth-order valence-electron chi connectivity index (χ4n) is 4.26. The lowest BCUT2D eigenvalue weighted by Crippen LogP contribution is -2.23. The summed E-state index contributed by atoms with van der Waals surface area (Å²) in [6.07, 6.45) is 6.64. The summed E-state index contributed by atoms with van der Waals surface area (Å²) in [5.41, 5.74) is 1.58. The van der Waals surface area contributed by atoms with E-state index in [-0.39, 0.29) is 29.0 Å². The quantitative estimate of drug-likeness (QED) is 0.162. The molecule has 0 saturated carbocycles. The van der Waals surface area contributed by atoms with Crippen LogP contribution in [0.1, 0.15) is 12.0 Å². The summed E-state index contributed by atoms with van der Waals surface area (Å²) in [6, 6.07) is 24.4. The Bertz CT molecular complexity index is 1760. The van der Waals surface area contributed by atoms with Gasteiger partial charge in [0.05, 0.1) is 35.7 Å². The second-order valence-electron chi connectivity index (χ2n) is 8.42. The Labute approximate surface area is 226 Å². The lowest BCUT2D eigenvalue weighted by molar-refractivity contribution is 0.437. The SMILES string of the molecule is [C-]#[N+]/C(C#N)=C(/C(C#N)=C/C=C/C=C1\Oc2ccccc2N1CCCS(=O)(=O)O)c1cccc2ccccc12. The van der Waals surface area contributed by atoms with Crippen LogP contribution in [-0.4, -0.2) is 25.3 Å². The summed E-state index contributed by atoms with van der Waals surface area (Å²) >= 11 is 0. The molecule has 0 spiro atoms. The van der Waals surface area contributed by atoms with Gasteiger partial charge >= 0.3 is 0 Å². The molecule has 1 heterocycles. The number of nitrogens with zero attached hydrogens (tertiary/aromatic N) is 4. The summed E-state index contributed by atoms with van der Waals surface area (Å²) in [7, 11) is -4.09. The van der Waals surface area contributed by atoms with Crippen LogP contribution in [0.2, 0.25) is 0 Å². The predicted octanol–water partition coefficient (Wildman–Crippen LogP) is 6.02. The average Bonchev–Trinajstić information content (AvgIpc) is 3.28. The molecular weight excluding hydrogens is 512 g/mol. The topological polar surface area (TPSA) is 119 Å². The van der Waals surface area contributed by atoms with Crippen molar-refractivity contribution in [3.8, 4) is 17.9 Å². The van der Waals surface area contributed by atoms with Gasteiger partial charge < -0.3 is 9.64 Å². The summed E-state index contributed by atoms with van der Waals surface area (Å²) in [5.74, 6) is 0.668. The molecule has 8 nitrogen and oxygen atoms in total. The number of anilines is 1. The van der Waals surface area contributed by atoms with Crippen LogP contribution in [0.15, 0.2) is 108 Å². The zero-order valence-corrected chi connectivity index (χ0v) is 21.5. The van der Waals surface area contributed by atoms with E-state index in [1.165, 1.54) is 6.08 Å². The smallest absolute Gasteiger partial charge is 0.270 e. The Morgan fingerprint density at radius 3 is 2.51 bits per heavy atom. The van der Waals surface area contributed by atoms with E-state index in [9.17, 15) is 18.9 Å². The first-order chi connectivity index (χ1) is 18.9. The van der Waals surface area contributed by atoms with Crippen LogP contribution in [0.4, 0.5) is 5.69 Å². The van der Waals surface area contributed by atoms with Crippen LogP contribution in [-0.2, 0) is 10.1 Å². The summed E-state index contributed by atoms with van der Waals surface area (Å²) in [6.45, 7) is 7.82. The van der Waals surface area contributed by atoms with Gasteiger partial charge in [-0.15, -0.1) is 0 Å².